The van der Waals surface area contributed by atoms with E-state index in [2.05, 4.69) is 18.2 Å². The Morgan fingerprint density at radius 1 is 1.05 bits per heavy atom. The van der Waals surface area contributed by atoms with E-state index < -0.39 is 0 Å². The molecule has 0 saturated carbocycles. The van der Waals surface area contributed by atoms with Gasteiger partial charge in [0.1, 0.15) is 18.2 Å². The van der Waals surface area contributed by atoms with Crippen LogP contribution < -0.4 is 4.74 Å². The molecule has 0 aliphatic heterocycles. The quantitative estimate of drug-likeness (QED) is 0.733. The van der Waals surface area contributed by atoms with Crippen LogP contribution >= 0.6 is 11.6 Å². The first kappa shape index (κ1) is 13.9. The maximum atomic E-state index is 13.1. The van der Waals surface area contributed by atoms with Crippen molar-refractivity contribution < 1.29 is 9.13 Å². The molecule has 2 aromatic carbocycles. The summed E-state index contributed by atoms with van der Waals surface area (Å²) < 4.78 is 18.9. The summed E-state index contributed by atoms with van der Waals surface area (Å²) in [4.78, 5) is 0. The molecule has 1 nitrogen and oxygen atoms in total. The summed E-state index contributed by atoms with van der Waals surface area (Å²) in [5.41, 5.74) is 4.18. The Morgan fingerprint density at radius 3 is 2.58 bits per heavy atom. The molecular weight excluding hydrogens is 263 g/mol. The van der Waals surface area contributed by atoms with Gasteiger partial charge in [-0.25, -0.2) is 4.39 Å². The molecule has 0 radical (unpaired) electrons. The van der Waals surface area contributed by atoms with Crippen molar-refractivity contribution >= 4 is 11.6 Å². The number of hydrogen-bond acceptors (Lipinski definition) is 1. The molecule has 19 heavy (non-hydrogen) atoms. The van der Waals surface area contributed by atoms with Crippen LogP contribution in [-0.4, -0.2) is 0 Å². The summed E-state index contributed by atoms with van der Waals surface area (Å²) in [5.74, 6) is 0.576. The van der Waals surface area contributed by atoms with Gasteiger partial charge in [0, 0.05) is 5.56 Å². The Kier molecular flexibility index (Phi) is 4.43. The summed E-state index contributed by atoms with van der Waals surface area (Å²) in [6, 6.07) is 10.7. The molecule has 0 unspecified atom stereocenters. The summed E-state index contributed by atoms with van der Waals surface area (Å²) in [7, 11) is 0. The van der Waals surface area contributed by atoms with Crippen molar-refractivity contribution in [2.24, 2.45) is 0 Å². The summed E-state index contributed by atoms with van der Waals surface area (Å²) in [5, 5.41) is 0. The van der Waals surface area contributed by atoms with Crippen molar-refractivity contribution in [3.05, 3.63) is 64.5 Å². The number of alkyl halides is 1. The van der Waals surface area contributed by atoms with E-state index in [9.17, 15) is 4.39 Å². The number of halogens is 2. The van der Waals surface area contributed by atoms with E-state index in [0.29, 0.717) is 17.9 Å². The van der Waals surface area contributed by atoms with Gasteiger partial charge in [-0.2, -0.15) is 0 Å². The zero-order valence-corrected chi connectivity index (χ0v) is 11.8. The normalized spacial score (nSPS) is 10.5. The van der Waals surface area contributed by atoms with Gasteiger partial charge in [0.15, 0.2) is 0 Å². The molecule has 0 spiro atoms. The molecule has 3 heteroatoms. The van der Waals surface area contributed by atoms with Gasteiger partial charge in [-0.15, -0.1) is 11.6 Å². The molecule has 0 aromatic heterocycles. The molecule has 0 aliphatic carbocycles. The number of aryl methyl sites for hydroxylation is 2. The van der Waals surface area contributed by atoms with Gasteiger partial charge in [0.25, 0.3) is 0 Å². The number of hydrogen-bond donors (Lipinski definition) is 0. The monoisotopic (exact) mass is 278 g/mol. The first-order valence-corrected chi connectivity index (χ1v) is 6.67. The van der Waals surface area contributed by atoms with Gasteiger partial charge in [0.05, 0.1) is 5.88 Å². The van der Waals surface area contributed by atoms with Gasteiger partial charge in [-0.1, -0.05) is 23.8 Å². The lowest BCUT2D eigenvalue weighted by molar-refractivity contribution is 0.302. The van der Waals surface area contributed by atoms with Gasteiger partial charge in [0.2, 0.25) is 0 Å². The smallest absolute Gasteiger partial charge is 0.124 e. The lowest BCUT2D eigenvalue weighted by atomic mass is 10.1. The Labute approximate surface area is 118 Å². The first-order chi connectivity index (χ1) is 9.10. The number of ether oxygens (including phenoxy) is 1. The van der Waals surface area contributed by atoms with Crippen molar-refractivity contribution in [1.29, 1.82) is 0 Å². The number of rotatable bonds is 4. The Morgan fingerprint density at radius 2 is 1.84 bits per heavy atom. The fourth-order valence-corrected chi connectivity index (χ4v) is 2.11. The average molecular weight is 279 g/mol. The van der Waals surface area contributed by atoms with Gasteiger partial charge < -0.3 is 4.74 Å². The van der Waals surface area contributed by atoms with Crippen LogP contribution in [0.25, 0.3) is 0 Å². The maximum Gasteiger partial charge on any atom is 0.124 e. The Balaban J connectivity index is 2.16. The molecule has 0 atom stereocenters. The third-order valence-electron chi connectivity index (χ3n) is 3.05. The van der Waals surface area contributed by atoms with Crippen LogP contribution in [-0.2, 0) is 12.5 Å². The number of benzene rings is 2. The highest BCUT2D eigenvalue weighted by molar-refractivity contribution is 6.17. The third kappa shape index (κ3) is 3.48. The van der Waals surface area contributed by atoms with Crippen LogP contribution in [0.2, 0.25) is 0 Å². The fourth-order valence-electron chi connectivity index (χ4n) is 1.90. The van der Waals surface area contributed by atoms with E-state index in [1.54, 1.807) is 6.07 Å². The van der Waals surface area contributed by atoms with Crippen LogP contribution in [0.3, 0.4) is 0 Å². The van der Waals surface area contributed by atoms with Crippen molar-refractivity contribution in [2.75, 3.05) is 0 Å². The molecule has 0 fully saturated rings. The van der Waals surface area contributed by atoms with Crippen LogP contribution in [0.15, 0.2) is 36.4 Å². The average Bonchev–Trinajstić information content (AvgIpc) is 2.40. The molecule has 0 N–H and O–H groups in total. The summed E-state index contributed by atoms with van der Waals surface area (Å²) >= 11 is 5.80. The molecule has 100 valence electrons. The molecule has 0 bridgehead atoms. The highest BCUT2D eigenvalue weighted by Gasteiger charge is 2.06. The predicted octanol–water partition coefficient (Wildman–Crippen LogP) is 4.76. The molecule has 2 rings (SSSR count). The van der Waals surface area contributed by atoms with Crippen LogP contribution in [0.4, 0.5) is 4.39 Å². The summed E-state index contributed by atoms with van der Waals surface area (Å²) in [6.45, 7) is 4.55. The molecule has 2 aromatic rings. The molecular formula is C16H16ClFO. The van der Waals surface area contributed by atoms with E-state index >= 15 is 0 Å². The highest BCUT2D eigenvalue weighted by atomic mass is 35.5. The summed E-state index contributed by atoms with van der Waals surface area (Å²) in [6.07, 6.45) is 0. The Hall–Kier alpha value is -1.54. The maximum absolute atomic E-state index is 13.1. The molecule has 0 heterocycles. The lowest BCUT2D eigenvalue weighted by Gasteiger charge is -2.12. The largest absolute Gasteiger partial charge is 0.489 e. The first-order valence-electron chi connectivity index (χ1n) is 6.13. The van der Waals surface area contributed by atoms with Crippen molar-refractivity contribution in [2.45, 2.75) is 26.3 Å². The third-order valence-corrected chi connectivity index (χ3v) is 3.34. The van der Waals surface area contributed by atoms with Crippen LogP contribution in [0.1, 0.15) is 22.3 Å². The topological polar surface area (TPSA) is 9.23 Å². The van der Waals surface area contributed by atoms with Crippen LogP contribution in [0.5, 0.6) is 5.75 Å². The zero-order chi connectivity index (χ0) is 13.8. The van der Waals surface area contributed by atoms with Crippen molar-refractivity contribution in [3.63, 3.8) is 0 Å². The van der Waals surface area contributed by atoms with E-state index in [0.717, 1.165) is 5.56 Å². The highest BCUT2D eigenvalue weighted by Crippen LogP contribution is 2.23. The fraction of sp³-hybridized carbons (Fsp3) is 0.250. The van der Waals surface area contributed by atoms with Gasteiger partial charge in [-0.05, 0) is 43.2 Å². The SMILES string of the molecule is Cc1ccc(C)c(COc2ccc(F)cc2CCl)c1. The minimum Gasteiger partial charge on any atom is -0.489 e. The minimum absolute atomic E-state index is 0.236. The van der Waals surface area contributed by atoms with Crippen molar-refractivity contribution in [1.82, 2.24) is 0 Å². The van der Waals surface area contributed by atoms with Gasteiger partial charge >= 0.3 is 0 Å². The van der Waals surface area contributed by atoms with E-state index in [1.807, 2.05) is 13.8 Å². The van der Waals surface area contributed by atoms with Crippen molar-refractivity contribution in [3.8, 4) is 5.75 Å². The minimum atomic E-state index is -0.297. The van der Waals surface area contributed by atoms with Gasteiger partial charge in [-0.3, -0.25) is 0 Å². The van der Waals surface area contributed by atoms with E-state index in [1.165, 1.54) is 23.3 Å². The molecule has 0 aliphatic rings. The van der Waals surface area contributed by atoms with Crippen LogP contribution in [0, 0.1) is 19.7 Å². The predicted molar refractivity (Wildman–Crippen MR) is 76.2 cm³/mol. The second kappa shape index (κ2) is 6.07. The standard InChI is InChI=1S/C16H16ClFO/c1-11-3-4-12(2)14(7-11)10-19-16-6-5-15(18)8-13(16)9-17/h3-8H,9-10H2,1-2H3. The van der Waals surface area contributed by atoms with E-state index in [4.69, 9.17) is 16.3 Å². The second-order valence-corrected chi connectivity index (χ2v) is 4.87. The van der Waals surface area contributed by atoms with E-state index in [-0.39, 0.29) is 11.7 Å². The lowest BCUT2D eigenvalue weighted by Crippen LogP contribution is -2.00. The molecule has 0 saturated heterocycles. The zero-order valence-electron chi connectivity index (χ0n) is 11.0. The molecule has 0 amide bonds. The Bertz CT molecular complexity index is 581. The second-order valence-electron chi connectivity index (χ2n) is 4.60.